The first-order valence-corrected chi connectivity index (χ1v) is 12.8. The van der Waals surface area contributed by atoms with Gasteiger partial charge in [-0.15, -0.1) is 0 Å². The van der Waals surface area contributed by atoms with E-state index in [1.54, 1.807) is 24.3 Å². The average molecular weight is 547 g/mol. The highest BCUT2D eigenvalue weighted by atomic mass is 35.5. The smallest absolute Gasteiger partial charge is 0.294 e. The van der Waals surface area contributed by atoms with Crippen LogP contribution < -0.4 is 10.1 Å². The van der Waals surface area contributed by atoms with Crippen LogP contribution in [-0.4, -0.2) is 28.5 Å². The summed E-state index contributed by atoms with van der Waals surface area (Å²) in [4.78, 5) is 38.5. The van der Waals surface area contributed by atoms with Gasteiger partial charge in [0.15, 0.2) is 0 Å². The average Bonchev–Trinajstić information content (AvgIpc) is 3.16. The first kappa shape index (κ1) is 25.5. The summed E-state index contributed by atoms with van der Waals surface area (Å²) in [5, 5.41) is 4.61. The van der Waals surface area contributed by atoms with Gasteiger partial charge in [-0.1, -0.05) is 54.1 Å². The molecule has 0 radical (unpaired) electrons. The molecule has 38 heavy (non-hydrogen) atoms. The van der Waals surface area contributed by atoms with E-state index in [9.17, 15) is 18.8 Å². The fraction of sp³-hybridized carbons (Fsp3) is 0.0690. The molecule has 1 fully saturated rings. The zero-order chi connectivity index (χ0) is 26.6. The Morgan fingerprint density at radius 1 is 0.974 bits per heavy atom. The molecule has 0 aromatic heterocycles. The van der Waals surface area contributed by atoms with E-state index in [2.05, 4.69) is 11.4 Å². The summed E-state index contributed by atoms with van der Waals surface area (Å²) in [7, 11) is 0. The quantitative estimate of drug-likeness (QED) is 0.256. The van der Waals surface area contributed by atoms with Gasteiger partial charge in [0.25, 0.3) is 11.1 Å². The highest BCUT2D eigenvalue weighted by Gasteiger charge is 2.36. The number of fused-ring (bicyclic) bond motifs is 1. The number of benzene rings is 4. The molecular formula is C29H20ClFN2O4S. The van der Waals surface area contributed by atoms with Gasteiger partial charge in [-0.05, 0) is 82.2 Å². The van der Waals surface area contributed by atoms with Crippen LogP contribution in [0.25, 0.3) is 16.8 Å². The number of thioether (sulfide) groups is 1. The molecule has 6 nitrogen and oxygen atoms in total. The van der Waals surface area contributed by atoms with Gasteiger partial charge in [0.2, 0.25) is 5.91 Å². The lowest BCUT2D eigenvalue weighted by atomic mass is 10.1. The van der Waals surface area contributed by atoms with E-state index in [1.165, 1.54) is 24.3 Å². The van der Waals surface area contributed by atoms with Crippen molar-refractivity contribution in [1.29, 1.82) is 0 Å². The fourth-order valence-corrected chi connectivity index (χ4v) is 4.96. The number of hydrogen-bond acceptors (Lipinski definition) is 5. The Bertz CT molecular complexity index is 1590. The second-order valence-electron chi connectivity index (χ2n) is 8.48. The summed E-state index contributed by atoms with van der Waals surface area (Å²) >= 11 is 7.17. The standard InChI is InChI=1S/C29H20ClFN2O4S/c30-24-14-18(6-12-25(24)37-17-19-5-7-20-3-1-2-4-21(20)13-19)15-26-28(35)33(29(36)38-26)16-27(34)32-23-10-8-22(31)9-11-23/h1-15H,16-17H2,(H,32,34)/b26-15-. The van der Waals surface area contributed by atoms with Crippen molar-refractivity contribution in [2.75, 3.05) is 11.9 Å². The number of nitrogens with one attached hydrogen (secondary N) is 1. The molecule has 3 amide bonds. The Morgan fingerprint density at radius 2 is 1.74 bits per heavy atom. The number of halogens is 2. The number of hydrogen-bond donors (Lipinski definition) is 1. The van der Waals surface area contributed by atoms with Crippen molar-refractivity contribution in [2.24, 2.45) is 0 Å². The highest BCUT2D eigenvalue weighted by Crippen LogP contribution is 2.34. The molecule has 1 saturated heterocycles. The van der Waals surface area contributed by atoms with Gasteiger partial charge in [0.05, 0.1) is 9.93 Å². The SMILES string of the molecule is O=C(CN1C(=O)S/C(=C\c2ccc(OCc3ccc4ccccc4c3)c(Cl)c2)C1=O)Nc1ccc(F)cc1. The molecule has 0 spiro atoms. The van der Waals surface area contributed by atoms with E-state index in [0.29, 0.717) is 28.6 Å². The predicted octanol–water partition coefficient (Wildman–Crippen LogP) is 6.89. The Balaban J connectivity index is 1.22. The molecule has 0 saturated carbocycles. The van der Waals surface area contributed by atoms with E-state index in [4.69, 9.17) is 16.3 Å². The van der Waals surface area contributed by atoms with Crippen molar-refractivity contribution in [2.45, 2.75) is 6.61 Å². The minimum absolute atomic E-state index is 0.172. The van der Waals surface area contributed by atoms with Crippen molar-refractivity contribution in [3.05, 3.63) is 112 Å². The van der Waals surface area contributed by atoms with E-state index < -0.39 is 29.4 Å². The highest BCUT2D eigenvalue weighted by molar-refractivity contribution is 8.18. The van der Waals surface area contributed by atoms with Crippen LogP contribution in [0.3, 0.4) is 0 Å². The van der Waals surface area contributed by atoms with Gasteiger partial charge in [-0.3, -0.25) is 19.3 Å². The molecule has 190 valence electrons. The summed E-state index contributed by atoms with van der Waals surface area (Å²) in [6.45, 7) is -0.121. The van der Waals surface area contributed by atoms with Crippen LogP contribution in [-0.2, 0) is 16.2 Å². The molecule has 0 atom stereocenters. The maximum absolute atomic E-state index is 13.0. The summed E-state index contributed by atoms with van der Waals surface area (Å²) in [5.74, 6) is -1.11. The number of imide groups is 1. The molecule has 1 N–H and O–H groups in total. The van der Waals surface area contributed by atoms with Gasteiger partial charge < -0.3 is 10.1 Å². The summed E-state index contributed by atoms with van der Waals surface area (Å²) in [5.41, 5.74) is 1.96. The molecule has 1 heterocycles. The van der Waals surface area contributed by atoms with E-state index in [-0.39, 0.29) is 4.91 Å². The molecule has 1 aliphatic heterocycles. The summed E-state index contributed by atoms with van der Waals surface area (Å²) in [6.07, 6.45) is 1.54. The van der Waals surface area contributed by atoms with Crippen LogP contribution >= 0.6 is 23.4 Å². The Hall–Kier alpha value is -4.14. The first-order valence-electron chi connectivity index (χ1n) is 11.6. The predicted molar refractivity (Wildman–Crippen MR) is 147 cm³/mol. The largest absolute Gasteiger partial charge is 0.487 e. The maximum atomic E-state index is 13.0. The van der Waals surface area contributed by atoms with Gasteiger partial charge in [0, 0.05) is 5.69 Å². The third-order valence-electron chi connectivity index (χ3n) is 5.77. The second kappa shape index (κ2) is 11.1. The van der Waals surface area contributed by atoms with Crippen molar-refractivity contribution in [3.8, 4) is 5.75 Å². The van der Waals surface area contributed by atoms with E-state index in [0.717, 1.165) is 33.0 Å². The van der Waals surface area contributed by atoms with Crippen LogP contribution in [0, 0.1) is 5.82 Å². The lowest BCUT2D eigenvalue weighted by molar-refractivity contribution is -0.127. The maximum Gasteiger partial charge on any atom is 0.294 e. The molecule has 4 aromatic rings. The second-order valence-corrected chi connectivity index (χ2v) is 9.88. The van der Waals surface area contributed by atoms with E-state index in [1.807, 2.05) is 36.4 Å². The third kappa shape index (κ3) is 5.88. The van der Waals surface area contributed by atoms with Crippen LogP contribution in [0.2, 0.25) is 5.02 Å². The van der Waals surface area contributed by atoms with Crippen molar-refractivity contribution in [1.82, 2.24) is 4.90 Å². The molecular weight excluding hydrogens is 527 g/mol. The lowest BCUT2D eigenvalue weighted by Gasteiger charge is -2.12. The lowest BCUT2D eigenvalue weighted by Crippen LogP contribution is -2.36. The summed E-state index contributed by atoms with van der Waals surface area (Å²) < 4.78 is 18.9. The number of rotatable bonds is 7. The summed E-state index contributed by atoms with van der Waals surface area (Å²) in [6, 6.07) is 24.4. The van der Waals surface area contributed by atoms with Crippen molar-refractivity contribution in [3.63, 3.8) is 0 Å². The fourth-order valence-electron chi connectivity index (χ4n) is 3.88. The molecule has 4 aromatic carbocycles. The number of anilines is 1. The number of amides is 3. The van der Waals surface area contributed by atoms with Crippen molar-refractivity contribution < 1.29 is 23.5 Å². The van der Waals surface area contributed by atoms with E-state index >= 15 is 0 Å². The molecule has 0 bridgehead atoms. The normalized spacial score (nSPS) is 14.4. The molecule has 0 unspecified atom stereocenters. The Labute approximate surface area is 227 Å². The van der Waals surface area contributed by atoms with Gasteiger partial charge in [0.1, 0.15) is 24.7 Å². The molecule has 5 rings (SSSR count). The number of nitrogens with zero attached hydrogens (tertiary/aromatic N) is 1. The third-order valence-corrected chi connectivity index (χ3v) is 6.97. The minimum Gasteiger partial charge on any atom is -0.487 e. The number of carbonyl (C=O) groups excluding carboxylic acids is 3. The van der Waals surface area contributed by atoms with Crippen LogP contribution in [0.15, 0.2) is 89.8 Å². The van der Waals surface area contributed by atoms with Crippen LogP contribution in [0.5, 0.6) is 5.75 Å². The number of carbonyl (C=O) groups is 3. The Kier molecular flexibility index (Phi) is 7.44. The monoisotopic (exact) mass is 546 g/mol. The van der Waals surface area contributed by atoms with Gasteiger partial charge in [-0.2, -0.15) is 0 Å². The topological polar surface area (TPSA) is 75.7 Å². The van der Waals surface area contributed by atoms with Gasteiger partial charge in [-0.25, -0.2) is 4.39 Å². The Morgan fingerprint density at radius 3 is 2.50 bits per heavy atom. The zero-order valence-electron chi connectivity index (χ0n) is 19.8. The molecule has 9 heteroatoms. The first-order chi connectivity index (χ1) is 18.4. The minimum atomic E-state index is -0.581. The van der Waals surface area contributed by atoms with Crippen LogP contribution in [0.1, 0.15) is 11.1 Å². The molecule has 0 aliphatic carbocycles. The van der Waals surface area contributed by atoms with Crippen LogP contribution in [0.4, 0.5) is 14.9 Å². The van der Waals surface area contributed by atoms with Crippen molar-refractivity contribution >= 4 is 63.0 Å². The number of ether oxygens (including phenoxy) is 1. The zero-order valence-corrected chi connectivity index (χ0v) is 21.4. The molecule has 1 aliphatic rings. The van der Waals surface area contributed by atoms with Gasteiger partial charge >= 0.3 is 0 Å².